The van der Waals surface area contributed by atoms with Crippen LogP contribution in [0.5, 0.6) is 0 Å². The van der Waals surface area contributed by atoms with E-state index in [0.717, 1.165) is 37.6 Å². The highest BCUT2D eigenvalue weighted by molar-refractivity contribution is 5.66. The van der Waals surface area contributed by atoms with Crippen molar-refractivity contribution in [1.82, 2.24) is 9.97 Å². The number of rotatable bonds is 5. The van der Waals surface area contributed by atoms with E-state index in [2.05, 4.69) is 57.4 Å². The molecule has 0 unspecified atom stereocenters. The minimum atomic E-state index is 0.913. The highest BCUT2D eigenvalue weighted by Gasteiger charge is 2.18. The van der Waals surface area contributed by atoms with Crippen LogP contribution in [0.25, 0.3) is 0 Å². The van der Waals surface area contributed by atoms with Gasteiger partial charge in [-0.15, -0.1) is 0 Å². The number of hydrogen-bond donors (Lipinski definition) is 1. The fourth-order valence-electron chi connectivity index (χ4n) is 2.76. The molecule has 1 aromatic heterocycles. The maximum atomic E-state index is 4.46. The number of fused-ring (bicyclic) bond motifs is 1. The standard InChI is InChI=1S/C17H22N4/c1-2-3-10-18-16-12-17(20-13-19-16)21-11-6-8-14-7-4-5-9-15(14)21/h4-5,7,9,12-13H,2-3,6,8,10-11H2,1H3,(H,18,19,20). The van der Waals surface area contributed by atoms with Gasteiger partial charge in [0.05, 0.1) is 0 Å². The summed E-state index contributed by atoms with van der Waals surface area (Å²) in [5, 5.41) is 3.37. The van der Waals surface area contributed by atoms with Crippen LogP contribution in [0, 0.1) is 0 Å². The van der Waals surface area contributed by atoms with Crippen LogP contribution in [0.1, 0.15) is 31.7 Å². The minimum absolute atomic E-state index is 0.913. The number of unbranched alkanes of at least 4 members (excludes halogenated alkanes) is 1. The topological polar surface area (TPSA) is 41.0 Å². The number of anilines is 3. The summed E-state index contributed by atoms with van der Waals surface area (Å²) in [5.41, 5.74) is 2.69. The lowest BCUT2D eigenvalue weighted by molar-refractivity contribution is 0.758. The molecule has 0 radical (unpaired) electrons. The van der Waals surface area contributed by atoms with Gasteiger partial charge in [-0.25, -0.2) is 9.97 Å². The lowest BCUT2D eigenvalue weighted by atomic mass is 10.0. The molecule has 1 N–H and O–H groups in total. The maximum absolute atomic E-state index is 4.46. The van der Waals surface area contributed by atoms with Crippen LogP contribution >= 0.6 is 0 Å². The number of nitrogens with zero attached hydrogens (tertiary/aromatic N) is 3. The molecule has 1 aromatic carbocycles. The molecule has 0 aliphatic carbocycles. The fraction of sp³-hybridized carbons (Fsp3) is 0.412. The summed E-state index contributed by atoms with van der Waals surface area (Å²) >= 11 is 0. The first kappa shape index (κ1) is 13.9. The van der Waals surface area contributed by atoms with Crippen molar-refractivity contribution < 1.29 is 0 Å². The Hall–Kier alpha value is -2.10. The molecule has 0 saturated carbocycles. The first-order chi connectivity index (χ1) is 10.4. The number of para-hydroxylation sites is 1. The minimum Gasteiger partial charge on any atom is -0.370 e. The lowest BCUT2D eigenvalue weighted by Gasteiger charge is -2.30. The van der Waals surface area contributed by atoms with Gasteiger partial charge < -0.3 is 10.2 Å². The predicted molar refractivity (Wildman–Crippen MR) is 87.2 cm³/mol. The second-order valence-corrected chi connectivity index (χ2v) is 5.43. The molecule has 1 aliphatic rings. The van der Waals surface area contributed by atoms with Crippen molar-refractivity contribution in [1.29, 1.82) is 0 Å². The fourth-order valence-corrected chi connectivity index (χ4v) is 2.76. The van der Waals surface area contributed by atoms with E-state index in [1.807, 2.05) is 0 Å². The Labute approximate surface area is 126 Å². The van der Waals surface area contributed by atoms with Crippen LogP contribution in [0.15, 0.2) is 36.7 Å². The van der Waals surface area contributed by atoms with Gasteiger partial charge in [-0.2, -0.15) is 0 Å². The maximum Gasteiger partial charge on any atom is 0.138 e. The van der Waals surface area contributed by atoms with Crippen molar-refractivity contribution in [3.8, 4) is 0 Å². The third-order valence-electron chi connectivity index (χ3n) is 3.88. The van der Waals surface area contributed by atoms with Crippen LogP contribution in [-0.2, 0) is 6.42 Å². The number of benzene rings is 1. The van der Waals surface area contributed by atoms with E-state index in [4.69, 9.17) is 0 Å². The van der Waals surface area contributed by atoms with Gasteiger partial charge in [-0.1, -0.05) is 31.5 Å². The van der Waals surface area contributed by atoms with Gasteiger partial charge in [0.2, 0.25) is 0 Å². The number of hydrogen-bond acceptors (Lipinski definition) is 4. The average molecular weight is 282 g/mol. The Morgan fingerprint density at radius 2 is 2.14 bits per heavy atom. The number of aromatic nitrogens is 2. The van der Waals surface area contributed by atoms with E-state index in [1.165, 1.54) is 24.1 Å². The van der Waals surface area contributed by atoms with Gasteiger partial charge >= 0.3 is 0 Å². The summed E-state index contributed by atoms with van der Waals surface area (Å²) in [6.07, 6.45) is 6.32. The molecule has 3 rings (SSSR count). The van der Waals surface area contributed by atoms with Gasteiger partial charge in [-0.05, 0) is 30.9 Å². The highest BCUT2D eigenvalue weighted by atomic mass is 15.2. The largest absolute Gasteiger partial charge is 0.370 e. The zero-order valence-corrected chi connectivity index (χ0v) is 12.5. The summed E-state index contributed by atoms with van der Waals surface area (Å²) in [5.74, 6) is 1.90. The Morgan fingerprint density at radius 3 is 3.05 bits per heavy atom. The monoisotopic (exact) mass is 282 g/mol. The molecular formula is C17H22N4. The van der Waals surface area contributed by atoms with Crippen molar-refractivity contribution in [3.63, 3.8) is 0 Å². The lowest BCUT2D eigenvalue weighted by Crippen LogP contribution is -2.25. The summed E-state index contributed by atoms with van der Waals surface area (Å²) < 4.78 is 0. The van der Waals surface area contributed by atoms with Crippen LogP contribution < -0.4 is 10.2 Å². The van der Waals surface area contributed by atoms with E-state index < -0.39 is 0 Å². The van der Waals surface area contributed by atoms with E-state index in [-0.39, 0.29) is 0 Å². The predicted octanol–water partition coefficient (Wildman–Crippen LogP) is 3.77. The highest BCUT2D eigenvalue weighted by Crippen LogP contribution is 2.32. The van der Waals surface area contributed by atoms with Crippen molar-refractivity contribution in [2.24, 2.45) is 0 Å². The van der Waals surface area contributed by atoms with Gasteiger partial charge in [0, 0.05) is 24.8 Å². The summed E-state index contributed by atoms with van der Waals surface area (Å²) in [7, 11) is 0. The molecule has 0 saturated heterocycles. The third-order valence-corrected chi connectivity index (χ3v) is 3.88. The van der Waals surface area contributed by atoms with Gasteiger partial charge in [0.25, 0.3) is 0 Å². The Morgan fingerprint density at radius 1 is 1.24 bits per heavy atom. The zero-order valence-electron chi connectivity index (χ0n) is 12.5. The van der Waals surface area contributed by atoms with Gasteiger partial charge in [-0.3, -0.25) is 0 Å². The van der Waals surface area contributed by atoms with E-state index in [0.29, 0.717) is 0 Å². The molecule has 0 fully saturated rings. The molecule has 110 valence electrons. The molecular weight excluding hydrogens is 260 g/mol. The zero-order chi connectivity index (χ0) is 14.5. The molecule has 0 atom stereocenters. The Bertz CT molecular complexity index is 597. The molecule has 1 aliphatic heterocycles. The molecule has 2 heterocycles. The second kappa shape index (κ2) is 6.57. The van der Waals surface area contributed by atoms with E-state index in [1.54, 1.807) is 6.33 Å². The molecule has 21 heavy (non-hydrogen) atoms. The third kappa shape index (κ3) is 3.15. The summed E-state index contributed by atoms with van der Waals surface area (Å²) in [6.45, 7) is 4.17. The molecule has 4 heteroatoms. The molecule has 0 bridgehead atoms. The van der Waals surface area contributed by atoms with Crippen LogP contribution in [0.3, 0.4) is 0 Å². The van der Waals surface area contributed by atoms with E-state index in [9.17, 15) is 0 Å². The van der Waals surface area contributed by atoms with Crippen LogP contribution in [0.2, 0.25) is 0 Å². The first-order valence-corrected chi connectivity index (χ1v) is 7.80. The van der Waals surface area contributed by atoms with Crippen molar-refractivity contribution >= 4 is 17.3 Å². The molecule has 4 nitrogen and oxygen atoms in total. The summed E-state index contributed by atoms with van der Waals surface area (Å²) in [6, 6.07) is 10.7. The van der Waals surface area contributed by atoms with Crippen molar-refractivity contribution in [3.05, 3.63) is 42.2 Å². The van der Waals surface area contributed by atoms with Crippen molar-refractivity contribution in [2.45, 2.75) is 32.6 Å². The van der Waals surface area contributed by atoms with E-state index >= 15 is 0 Å². The smallest absolute Gasteiger partial charge is 0.138 e. The second-order valence-electron chi connectivity index (χ2n) is 5.43. The van der Waals surface area contributed by atoms with Crippen LogP contribution in [0.4, 0.5) is 17.3 Å². The normalized spacial score (nSPS) is 13.9. The Kier molecular flexibility index (Phi) is 4.34. The SMILES string of the molecule is CCCCNc1cc(N2CCCc3ccccc32)ncn1. The average Bonchev–Trinajstić information content (AvgIpc) is 2.55. The van der Waals surface area contributed by atoms with Gasteiger partial charge in [0.1, 0.15) is 18.0 Å². The number of nitrogens with one attached hydrogen (secondary N) is 1. The van der Waals surface area contributed by atoms with Gasteiger partial charge in [0.15, 0.2) is 0 Å². The number of aryl methyl sites for hydroxylation is 1. The Balaban J connectivity index is 1.83. The quantitative estimate of drug-likeness (QED) is 0.847. The van der Waals surface area contributed by atoms with Crippen molar-refractivity contribution in [2.75, 3.05) is 23.3 Å². The molecule has 2 aromatic rings. The molecule has 0 spiro atoms. The van der Waals surface area contributed by atoms with Crippen LogP contribution in [-0.4, -0.2) is 23.1 Å². The first-order valence-electron chi connectivity index (χ1n) is 7.80. The summed E-state index contributed by atoms with van der Waals surface area (Å²) in [4.78, 5) is 11.1. The molecule has 0 amide bonds.